The second-order valence-corrected chi connectivity index (χ2v) is 4.51. The molecule has 1 rings (SSSR count). The maximum Gasteiger partial charge on any atom is 0.306 e. The van der Waals surface area contributed by atoms with Crippen LogP contribution in [0.25, 0.3) is 0 Å². The monoisotopic (exact) mass is 274 g/mol. The average molecular weight is 275 g/mol. The summed E-state index contributed by atoms with van der Waals surface area (Å²) in [6.45, 7) is 1.65. The predicted octanol–water partition coefficient (Wildman–Crippen LogP) is 3.38. The third kappa shape index (κ3) is 3.72. The quantitative estimate of drug-likeness (QED) is 0.625. The second kappa shape index (κ2) is 6.03. The summed E-state index contributed by atoms with van der Waals surface area (Å²) in [6.07, 6.45) is 0.0260. The normalized spacial score (nSPS) is 12.0. The lowest BCUT2D eigenvalue weighted by Gasteiger charge is -2.10. The van der Waals surface area contributed by atoms with Gasteiger partial charge in [0.25, 0.3) is 0 Å². The van der Waals surface area contributed by atoms with Crippen molar-refractivity contribution in [1.29, 1.82) is 0 Å². The minimum Gasteiger partial charge on any atom is -0.469 e. The van der Waals surface area contributed by atoms with Crippen molar-refractivity contribution in [2.24, 2.45) is 5.92 Å². The van der Waals surface area contributed by atoms with Gasteiger partial charge in [-0.1, -0.05) is 30.1 Å². The van der Waals surface area contributed by atoms with Gasteiger partial charge in [-0.25, -0.2) is 0 Å². The van der Waals surface area contributed by atoms with E-state index < -0.39 is 11.9 Å². The highest BCUT2D eigenvalue weighted by Gasteiger charge is 2.21. The van der Waals surface area contributed by atoms with Gasteiger partial charge in [-0.2, -0.15) is 0 Å². The minimum absolute atomic E-state index is 0.0260. The average Bonchev–Trinajstić information content (AvgIpc) is 2.31. The van der Waals surface area contributed by atoms with Crippen LogP contribution in [0, 0.1) is 5.92 Å². The van der Waals surface area contributed by atoms with E-state index in [4.69, 9.17) is 23.2 Å². The molecule has 0 amide bonds. The van der Waals surface area contributed by atoms with Crippen molar-refractivity contribution in [3.8, 4) is 0 Å². The van der Waals surface area contributed by atoms with Crippen LogP contribution in [0.1, 0.15) is 23.7 Å². The lowest BCUT2D eigenvalue weighted by Crippen LogP contribution is -2.17. The molecule has 3 nitrogen and oxygen atoms in total. The molecule has 0 saturated carbocycles. The Labute approximate surface area is 110 Å². The van der Waals surface area contributed by atoms with Crippen LogP contribution in [-0.2, 0) is 9.53 Å². The molecule has 0 aromatic heterocycles. The highest BCUT2D eigenvalue weighted by molar-refractivity contribution is 6.36. The van der Waals surface area contributed by atoms with Gasteiger partial charge in [0, 0.05) is 16.5 Å². The zero-order valence-electron chi connectivity index (χ0n) is 9.50. The summed E-state index contributed by atoms with van der Waals surface area (Å²) in [6, 6.07) is 4.66. The van der Waals surface area contributed by atoms with E-state index in [1.807, 2.05) is 0 Å². The first-order valence-electron chi connectivity index (χ1n) is 5.01. The van der Waals surface area contributed by atoms with E-state index in [9.17, 15) is 9.59 Å². The summed E-state index contributed by atoms with van der Waals surface area (Å²) in [7, 11) is 1.28. The Kier molecular flexibility index (Phi) is 4.97. The Hall–Kier alpha value is -1.06. The molecule has 0 saturated heterocycles. The predicted molar refractivity (Wildman–Crippen MR) is 66.6 cm³/mol. The Morgan fingerprint density at radius 1 is 1.35 bits per heavy atom. The fourth-order valence-electron chi connectivity index (χ4n) is 1.38. The first-order valence-corrected chi connectivity index (χ1v) is 5.77. The molecule has 0 aliphatic carbocycles. The van der Waals surface area contributed by atoms with Crippen LogP contribution in [0.5, 0.6) is 0 Å². The summed E-state index contributed by atoms with van der Waals surface area (Å²) < 4.78 is 4.51. The molecule has 1 atom stereocenters. The van der Waals surface area contributed by atoms with Crippen LogP contribution < -0.4 is 0 Å². The lowest BCUT2D eigenvalue weighted by atomic mass is 9.96. The van der Waals surface area contributed by atoms with E-state index >= 15 is 0 Å². The van der Waals surface area contributed by atoms with Crippen molar-refractivity contribution in [3.05, 3.63) is 33.8 Å². The molecule has 17 heavy (non-hydrogen) atoms. The van der Waals surface area contributed by atoms with E-state index in [1.54, 1.807) is 19.1 Å². The number of methoxy groups -OCH3 is 1. The van der Waals surface area contributed by atoms with E-state index in [0.717, 1.165) is 0 Å². The van der Waals surface area contributed by atoms with E-state index in [1.165, 1.54) is 13.2 Å². The number of hydrogen-bond acceptors (Lipinski definition) is 3. The molecule has 0 aliphatic heterocycles. The van der Waals surface area contributed by atoms with Crippen LogP contribution in [0.2, 0.25) is 10.0 Å². The summed E-state index contributed by atoms with van der Waals surface area (Å²) in [5.41, 5.74) is 0.329. The number of benzene rings is 1. The number of ether oxygens (including phenoxy) is 1. The summed E-state index contributed by atoms with van der Waals surface area (Å²) in [4.78, 5) is 23.1. The molecule has 0 fully saturated rings. The zero-order chi connectivity index (χ0) is 13.0. The number of carbonyl (C=O) groups excluding carboxylic acids is 2. The Balaban J connectivity index is 2.88. The molecule has 0 N–H and O–H groups in total. The van der Waals surface area contributed by atoms with E-state index in [0.29, 0.717) is 15.6 Å². The van der Waals surface area contributed by atoms with Crippen molar-refractivity contribution in [1.82, 2.24) is 0 Å². The van der Waals surface area contributed by atoms with Crippen LogP contribution in [0.4, 0.5) is 0 Å². The number of halogens is 2. The first kappa shape index (κ1) is 14.0. The van der Waals surface area contributed by atoms with Gasteiger partial charge in [-0.05, 0) is 18.2 Å². The molecule has 1 aromatic rings. The molecule has 0 spiro atoms. The van der Waals surface area contributed by atoms with Gasteiger partial charge >= 0.3 is 5.97 Å². The fraction of sp³-hybridized carbons (Fsp3) is 0.333. The van der Waals surface area contributed by atoms with Crippen molar-refractivity contribution in [3.63, 3.8) is 0 Å². The van der Waals surface area contributed by atoms with Gasteiger partial charge in [0.05, 0.1) is 18.6 Å². The zero-order valence-corrected chi connectivity index (χ0v) is 11.0. The summed E-state index contributed by atoms with van der Waals surface area (Å²) in [5, 5.41) is 0.763. The van der Waals surface area contributed by atoms with Crippen molar-refractivity contribution in [2.45, 2.75) is 13.3 Å². The molecular formula is C12H12Cl2O3. The van der Waals surface area contributed by atoms with Crippen molar-refractivity contribution in [2.75, 3.05) is 7.11 Å². The molecule has 92 valence electrons. The van der Waals surface area contributed by atoms with Crippen LogP contribution in [-0.4, -0.2) is 18.9 Å². The summed E-state index contributed by atoms with van der Waals surface area (Å²) >= 11 is 11.7. The smallest absolute Gasteiger partial charge is 0.306 e. The largest absolute Gasteiger partial charge is 0.469 e. The van der Waals surface area contributed by atoms with Gasteiger partial charge in [-0.3, -0.25) is 9.59 Å². The third-order valence-electron chi connectivity index (χ3n) is 2.34. The highest BCUT2D eigenvalue weighted by Crippen LogP contribution is 2.24. The van der Waals surface area contributed by atoms with Gasteiger partial charge < -0.3 is 4.74 Å². The Bertz CT molecular complexity index is 443. The fourth-order valence-corrected chi connectivity index (χ4v) is 1.76. The van der Waals surface area contributed by atoms with Crippen LogP contribution in [0.3, 0.4) is 0 Å². The topological polar surface area (TPSA) is 43.4 Å². The van der Waals surface area contributed by atoms with E-state index in [-0.39, 0.29) is 12.2 Å². The summed E-state index contributed by atoms with van der Waals surface area (Å²) in [5.74, 6) is -1.13. The first-order chi connectivity index (χ1) is 7.95. The number of rotatable bonds is 4. The molecule has 0 radical (unpaired) electrons. The Morgan fingerprint density at radius 2 is 2.00 bits per heavy atom. The van der Waals surface area contributed by atoms with Crippen molar-refractivity contribution >= 4 is 35.0 Å². The molecule has 1 unspecified atom stereocenters. The van der Waals surface area contributed by atoms with Crippen molar-refractivity contribution < 1.29 is 14.3 Å². The van der Waals surface area contributed by atoms with Crippen LogP contribution in [0.15, 0.2) is 18.2 Å². The molecule has 1 aromatic carbocycles. The van der Waals surface area contributed by atoms with Gasteiger partial charge in [0.15, 0.2) is 5.78 Å². The number of esters is 1. The number of ketones is 1. The van der Waals surface area contributed by atoms with Gasteiger partial charge in [0.1, 0.15) is 0 Å². The molecule has 0 aliphatic rings. The third-order valence-corrected chi connectivity index (χ3v) is 2.91. The maximum atomic E-state index is 12.0. The minimum atomic E-state index is -0.488. The van der Waals surface area contributed by atoms with Gasteiger partial charge in [-0.15, -0.1) is 0 Å². The number of carbonyl (C=O) groups is 2. The molecule has 0 bridgehead atoms. The number of Topliss-reactive ketones (excluding diaryl/α,β-unsaturated/α-hetero) is 1. The molecule has 5 heteroatoms. The maximum absolute atomic E-state index is 12.0. The molecular weight excluding hydrogens is 263 g/mol. The Morgan fingerprint density at radius 3 is 2.59 bits per heavy atom. The lowest BCUT2D eigenvalue weighted by molar-refractivity contribution is -0.141. The number of hydrogen-bond donors (Lipinski definition) is 0. The second-order valence-electron chi connectivity index (χ2n) is 3.67. The SMILES string of the molecule is COC(=O)CC(C)C(=O)c1cc(Cl)ccc1Cl. The van der Waals surface area contributed by atoms with Crippen LogP contribution >= 0.6 is 23.2 Å². The van der Waals surface area contributed by atoms with E-state index in [2.05, 4.69) is 4.74 Å². The standard InChI is InChI=1S/C12H12Cl2O3/c1-7(5-11(15)17-2)12(16)9-6-8(13)3-4-10(9)14/h3-4,6-7H,5H2,1-2H3. The highest BCUT2D eigenvalue weighted by atomic mass is 35.5. The molecule has 0 heterocycles. The van der Waals surface area contributed by atoms with Gasteiger partial charge in [0.2, 0.25) is 0 Å².